The molecule has 1 saturated heterocycles. The van der Waals surface area contributed by atoms with Crippen molar-refractivity contribution < 1.29 is 14.3 Å². The molecule has 0 aromatic heterocycles. The lowest BCUT2D eigenvalue weighted by atomic mass is 10.1. The maximum atomic E-state index is 13.2. The smallest absolute Gasteiger partial charge is 0.409 e. The summed E-state index contributed by atoms with van der Waals surface area (Å²) in [6.07, 6.45) is 2.10. The normalized spacial score (nSPS) is 14.2. The van der Waals surface area contributed by atoms with E-state index in [4.69, 9.17) is 10.1 Å². The van der Waals surface area contributed by atoms with Crippen LogP contribution in [-0.4, -0.2) is 80.6 Å². The highest BCUT2D eigenvalue weighted by Crippen LogP contribution is 2.23. The highest BCUT2D eigenvalue weighted by atomic mass is 32.2. The maximum absolute atomic E-state index is 13.2. The van der Waals surface area contributed by atoms with Gasteiger partial charge in [0.25, 0.3) is 0 Å². The van der Waals surface area contributed by atoms with Gasteiger partial charge < -0.3 is 25.6 Å². The van der Waals surface area contributed by atoms with E-state index in [1.165, 1.54) is 22.7 Å². The maximum Gasteiger partial charge on any atom is 0.409 e. The van der Waals surface area contributed by atoms with Gasteiger partial charge in [-0.2, -0.15) is 0 Å². The summed E-state index contributed by atoms with van der Waals surface area (Å²) in [5, 5.41) is 11.4. The van der Waals surface area contributed by atoms with Crippen LogP contribution < -0.4 is 15.8 Å². The fraction of sp³-hybridized carbons (Fsp3) is 0.458. The first-order chi connectivity index (χ1) is 16.5. The summed E-state index contributed by atoms with van der Waals surface area (Å²) < 4.78 is 8.47. The van der Waals surface area contributed by atoms with Gasteiger partial charge in [-0.05, 0) is 68.2 Å². The Labute approximate surface area is 206 Å². The first kappa shape index (κ1) is 27.4. The second-order valence-corrected chi connectivity index (χ2v) is 8.62. The van der Waals surface area contributed by atoms with E-state index < -0.39 is 0 Å². The number of ether oxygens (including phenoxy) is 1. The summed E-state index contributed by atoms with van der Waals surface area (Å²) in [7, 11) is 1.92. The van der Waals surface area contributed by atoms with Crippen LogP contribution in [0.4, 0.5) is 4.79 Å². The number of amides is 2. The largest absolute Gasteiger partial charge is 0.450 e. The molecule has 2 aromatic rings. The predicted molar refractivity (Wildman–Crippen MR) is 138 cm³/mol. The molecule has 34 heavy (non-hydrogen) atoms. The Morgan fingerprint density at radius 1 is 1.15 bits per heavy atom. The summed E-state index contributed by atoms with van der Waals surface area (Å²) in [5.74, 6) is 0.0906. The van der Waals surface area contributed by atoms with Crippen LogP contribution in [0.3, 0.4) is 0 Å². The van der Waals surface area contributed by atoms with Crippen molar-refractivity contribution in [2.75, 3.05) is 46.4 Å². The zero-order valence-corrected chi connectivity index (χ0v) is 20.8. The lowest BCUT2D eigenvalue weighted by Gasteiger charge is -2.36. The average Bonchev–Trinajstić information content (AvgIpc) is 2.86. The minimum absolute atomic E-state index is 0.0906. The van der Waals surface area contributed by atoms with E-state index in [9.17, 15) is 9.59 Å². The van der Waals surface area contributed by atoms with E-state index in [1.807, 2.05) is 24.1 Å². The van der Waals surface area contributed by atoms with Gasteiger partial charge in [0.1, 0.15) is 0 Å². The van der Waals surface area contributed by atoms with Gasteiger partial charge in [-0.3, -0.25) is 10.2 Å². The summed E-state index contributed by atoms with van der Waals surface area (Å²) in [4.78, 5) is 29.7. The Hall–Kier alpha value is -2.82. The Morgan fingerprint density at radius 2 is 1.79 bits per heavy atom. The van der Waals surface area contributed by atoms with E-state index in [0.29, 0.717) is 32.8 Å². The van der Waals surface area contributed by atoms with Gasteiger partial charge in [0.05, 0.1) is 19.0 Å². The molecule has 0 saturated carbocycles. The van der Waals surface area contributed by atoms with Crippen LogP contribution in [0.1, 0.15) is 19.8 Å². The molecular formula is C24H36N6O3S. The van der Waals surface area contributed by atoms with Crippen LogP contribution in [0.2, 0.25) is 0 Å². The van der Waals surface area contributed by atoms with Crippen LogP contribution in [0.15, 0.2) is 47.4 Å². The molecule has 0 radical (unpaired) electrons. The van der Waals surface area contributed by atoms with Crippen molar-refractivity contribution >= 4 is 41.1 Å². The molecule has 0 aliphatic carbocycles. The first-order valence-electron chi connectivity index (χ1n) is 11.5. The van der Waals surface area contributed by atoms with E-state index in [1.54, 1.807) is 11.8 Å². The van der Waals surface area contributed by atoms with Gasteiger partial charge in [0.15, 0.2) is 0 Å². The van der Waals surface area contributed by atoms with E-state index in [-0.39, 0.29) is 18.0 Å². The fourth-order valence-corrected chi connectivity index (χ4v) is 4.45. The molecule has 186 valence electrons. The number of hydrogen-bond donors (Lipinski definition) is 4. The third-order valence-corrected chi connectivity index (χ3v) is 6.27. The summed E-state index contributed by atoms with van der Waals surface area (Å²) in [6.45, 7) is 5.10. The molecule has 10 heteroatoms. The molecule has 3 rings (SSSR count). The molecule has 1 unspecified atom stereocenters. The van der Waals surface area contributed by atoms with Crippen molar-refractivity contribution in [2.24, 2.45) is 5.73 Å². The average molecular weight is 489 g/mol. The molecule has 0 spiro atoms. The van der Waals surface area contributed by atoms with E-state index in [0.717, 1.165) is 30.6 Å². The fourth-order valence-electron chi connectivity index (χ4n) is 3.63. The molecule has 2 aromatic carbocycles. The number of piperazine rings is 1. The second kappa shape index (κ2) is 15.2. The number of nitrogens with zero attached hydrogens (tertiary/aromatic N) is 2. The van der Waals surface area contributed by atoms with Crippen LogP contribution in [0.5, 0.6) is 0 Å². The zero-order valence-electron chi connectivity index (χ0n) is 20.0. The Morgan fingerprint density at radius 3 is 2.44 bits per heavy atom. The minimum Gasteiger partial charge on any atom is -0.450 e. The zero-order chi connectivity index (χ0) is 24.8. The lowest BCUT2D eigenvalue weighted by molar-refractivity contribution is -0.134. The molecule has 1 heterocycles. The van der Waals surface area contributed by atoms with E-state index in [2.05, 4.69) is 46.1 Å². The van der Waals surface area contributed by atoms with Crippen molar-refractivity contribution in [1.29, 1.82) is 5.41 Å². The molecule has 1 fully saturated rings. The number of nitrogens with two attached hydrogens (primary N) is 1. The Balaban J connectivity index is 0.00000129. The van der Waals surface area contributed by atoms with Crippen LogP contribution in [0.25, 0.3) is 10.8 Å². The van der Waals surface area contributed by atoms with Crippen LogP contribution >= 0.6 is 11.9 Å². The van der Waals surface area contributed by atoms with Crippen LogP contribution in [-0.2, 0) is 9.53 Å². The van der Waals surface area contributed by atoms with E-state index >= 15 is 0 Å². The van der Waals surface area contributed by atoms with Gasteiger partial charge in [-0.1, -0.05) is 30.3 Å². The number of carbonyl (C=O) groups excluding carboxylic acids is 2. The van der Waals surface area contributed by atoms with Crippen molar-refractivity contribution in [1.82, 2.24) is 19.8 Å². The van der Waals surface area contributed by atoms with Gasteiger partial charge in [-0.15, -0.1) is 0 Å². The van der Waals surface area contributed by atoms with Gasteiger partial charge >= 0.3 is 6.09 Å². The number of hydrogen-bond acceptors (Lipinski definition) is 7. The summed E-state index contributed by atoms with van der Waals surface area (Å²) in [5.41, 5.74) is 4.39. The lowest BCUT2D eigenvalue weighted by Crippen LogP contribution is -2.54. The molecule has 1 aliphatic heterocycles. The van der Waals surface area contributed by atoms with Crippen LogP contribution in [0, 0.1) is 5.41 Å². The van der Waals surface area contributed by atoms with Gasteiger partial charge in [0, 0.05) is 31.1 Å². The van der Waals surface area contributed by atoms with Crippen molar-refractivity contribution in [3.63, 3.8) is 0 Å². The topological polar surface area (TPSA) is 124 Å². The highest BCUT2D eigenvalue weighted by molar-refractivity contribution is 7.97. The number of rotatable bonds is 9. The molecular weight excluding hydrogens is 452 g/mol. The highest BCUT2D eigenvalue weighted by Gasteiger charge is 2.29. The first-order valence-corrected chi connectivity index (χ1v) is 12.3. The minimum atomic E-state index is -0.301. The quantitative estimate of drug-likeness (QED) is 0.185. The number of nitrogens with one attached hydrogen (secondary N) is 3. The second-order valence-electron chi connectivity index (χ2n) is 7.71. The molecule has 1 atom stereocenters. The predicted octanol–water partition coefficient (Wildman–Crippen LogP) is 2.66. The summed E-state index contributed by atoms with van der Waals surface area (Å²) >= 11 is 1.50. The van der Waals surface area contributed by atoms with Crippen molar-refractivity contribution in [2.45, 2.75) is 30.7 Å². The SMILES string of the molecule is CCOC(=O)N1CCN(C(=O)C(CCCNC)NSc2ccc3ccccc3c2)CC1.N=CN. The molecule has 5 N–H and O–H groups in total. The van der Waals surface area contributed by atoms with Crippen molar-refractivity contribution in [3.05, 3.63) is 42.5 Å². The molecule has 1 aliphatic rings. The Bertz CT molecular complexity index is 920. The summed E-state index contributed by atoms with van der Waals surface area (Å²) in [6, 6.07) is 14.3. The van der Waals surface area contributed by atoms with Crippen molar-refractivity contribution in [3.8, 4) is 0 Å². The third-order valence-electron chi connectivity index (χ3n) is 5.37. The number of carbonyl (C=O) groups is 2. The Kier molecular flexibility index (Phi) is 12.2. The molecule has 2 amide bonds. The number of fused-ring (bicyclic) bond motifs is 1. The molecule has 9 nitrogen and oxygen atoms in total. The molecule has 0 bridgehead atoms. The third kappa shape index (κ3) is 8.51. The monoisotopic (exact) mass is 488 g/mol. The standard InChI is InChI=1S/C23H32N4O3S.CH4N2/c1-3-30-23(29)27-15-13-26(14-16-27)22(28)21(9-6-12-24-2)25-31-20-11-10-18-7-4-5-8-19(18)17-20;2-1-3/h4-5,7-8,10-11,17,21,24-25H,3,6,9,12-16H2,1-2H3;1H,(H3,2,3). The number of benzene rings is 2. The van der Waals surface area contributed by atoms with Gasteiger partial charge in [-0.25, -0.2) is 9.52 Å². The van der Waals surface area contributed by atoms with Gasteiger partial charge in [0.2, 0.25) is 5.91 Å².